The average Bonchev–Trinajstić information content (AvgIpc) is 2.44. The summed E-state index contributed by atoms with van der Waals surface area (Å²) in [5.41, 5.74) is 1.75. The molecule has 2 aromatic rings. The fourth-order valence-corrected chi connectivity index (χ4v) is 2.33. The number of pyridine rings is 1. The van der Waals surface area contributed by atoms with Gasteiger partial charge in [-0.15, -0.1) is 0 Å². The molecule has 0 bridgehead atoms. The third kappa shape index (κ3) is 3.71. The number of aromatic nitrogens is 1. The molecule has 0 saturated carbocycles. The monoisotopic (exact) mass is 352 g/mol. The van der Waals surface area contributed by atoms with Gasteiger partial charge >= 0.3 is 5.97 Å². The molecule has 2 rings (SSSR count). The van der Waals surface area contributed by atoms with Crippen LogP contribution in [0, 0.1) is 0 Å². The van der Waals surface area contributed by atoms with Crippen LogP contribution in [0.1, 0.15) is 24.2 Å². The lowest BCUT2D eigenvalue weighted by Crippen LogP contribution is -2.18. The predicted molar refractivity (Wildman–Crippen MR) is 85.6 cm³/mol. The summed E-state index contributed by atoms with van der Waals surface area (Å²) in [7, 11) is 0. The van der Waals surface area contributed by atoms with Crippen LogP contribution in [0.15, 0.2) is 28.9 Å². The molecular weight excluding hydrogens is 336 g/mol. The van der Waals surface area contributed by atoms with Crippen molar-refractivity contribution in [3.63, 3.8) is 0 Å². The lowest BCUT2D eigenvalue weighted by molar-refractivity contribution is 0.0527. The van der Waals surface area contributed by atoms with Gasteiger partial charge in [0.05, 0.1) is 23.9 Å². The first kappa shape index (κ1) is 15.7. The molecule has 0 aliphatic carbocycles. The second kappa shape index (κ2) is 6.87. The minimum atomic E-state index is -0.532. The Kier molecular flexibility index (Phi) is 5.14. The van der Waals surface area contributed by atoms with Gasteiger partial charge in [-0.05, 0) is 32.0 Å². The van der Waals surface area contributed by atoms with Crippen molar-refractivity contribution in [3.8, 4) is 0 Å². The summed E-state index contributed by atoms with van der Waals surface area (Å²) in [6, 6.07) is 5.63. The van der Waals surface area contributed by atoms with Crippen molar-refractivity contribution in [2.75, 3.05) is 18.5 Å². The molecule has 0 aliphatic rings. The van der Waals surface area contributed by atoms with Gasteiger partial charge in [0.2, 0.25) is 0 Å². The highest BCUT2D eigenvalue weighted by Crippen LogP contribution is 2.29. The van der Waals surface area contributed by atoms with Crippen LogP contribution in [0.3, 0.4) is 0 Å². The summed E-state index contributed by atoms with van der Waals surface area (Å²) < 4.78 is 5.95. The topological polar surface area (TPSA) is 71.5 Å². The Labute approximate surface area is 131 Å². The van der Waals surface area contributed by atoms with E-state index < -0.39 is 12.1 Å². The normalized spacial score (nSPS) is 12.2. The number of halogens is 1. The van der Waals surface area contributed by atoms with Gasteiger partial charge in [0.15, 0.2) is 0 Å². The minimum Gasteiger partial charge on any atom is -0.462 e. The number of anilines is 1. The molecule has 1 heterocycles. The molecule has 0 aliphatic heterocycles. The molecule has 0 unspecified atom stereocenters. The minimum absolute atomic E-state index is 0.297. The number of esters is 1. The van der Waals surface area contributed by atoms with Gasteiger partial charge in [-0.2, -0.15) is 0 Å². The number of aliphatic hydroxyl groups excluding tert-OH is 1. The van der Waals surface area contributed by atoms with E-state index in [1.165, 1.54) is 6.20 Å². The standard InChI is InChI=1S/C15H17BrN2O3/c1-3-21-15(20)12-8-17-13-5-4-10(16)6-11(13)14(12)18-7-9(2)19/h4-6,8-9,19H,3,7H2,1-2H3,(H,17,18)/t9-/m1/s1. The molecule has 5 nitrogen and oxygen atoms in total. The van der Waals surface area contributed by atoms with E-state index in [0.717, 1.165) is 15.4 Å². The molecule has 0 saturated heterocycles. The van der Waals surface area contributed by atoms with Gasteiger partial charge < -0.3 is 15.2 Å². The van der Waals surface area contributed by atoms with Crippen molar-refractivity contribution < 1.29 is 14.6 Å². The van der Waals surface area contributed by atoms with Gasteiger partial charge in [-0.3, -0.25) is 4.98 Å². The second-order valence-corrected chi connectivity index (χ2v) is 5.57. The lowest BCUT2D eigenvalue weighted by Gasteiger charge is -2.15. The molecule has 1 atom stereocenters. The molecule has 0 radical (unpaired) electrons. The van der Waals surface area contributed by atoms with Crippen LogP contribution in [0.25, 0.3) is 10.9 Å². The van der Waals surface area contributed by atoms with Crippen molar-refractivity contribution in [2.45, 2.75) is 20.0 Å². The highest BCUT2D eigenvalue weighted by atomic mass is 79.9. The van der Waals surface area contributed by atoms with Crippen molar-refractivity contribution in [1.29, 1.82) is 0 Å². The molecule has 2 N–H and O–H groups in total. The zero-order valence-electron chi connectivity index (χ0n) is 11.9. The lowest BCUT2D eigenvalue weighted by atomic mass is 10.1. The molecule has 6 heteroatoms. The molecule has 1 aromatic heterocycles. The summed E-state index contributed by atoms with van der Waals surface area (Å²) in [5, 5.41) is 13.4. The first-order valence-electron chi connectivity index (χ1n) is 6.70. The van der Waals surface area contributed by atoms with E-state index in [1.807, 2.05) is 18.2 Å². The van der Waals surface area contributed by atoms with Gasteiger partial charge in [0.25, 0.3) is 0 Å². The second-order valence-electron chi connectivity index (χ2n) is 4.66. The smallest absolute Gasteiger partial charge is 0.341 e. The zero-order chi connectivity index (χ0) is 15.4. The SMILES string of the molecule is CCOC(=O)c1cnc2ccc(Br)cc2c1NC[C@@H](C)O. The molecule has 21 heavy (non-hydrogen) atoms. The Hall–Kier alpha value is -1.66. The maximum atomic E-state index is 12.1. The summed E-state index contributed by atoms with van der Waals surface area (Å²) >= 11 is 3.42. The number of hydrogen-bond donors (Lipinski definition) is 2. The highest BCUT2D eigenvalue weighted by Gasteiger charge is 2.17. The van der Waals surface area contributed by atoms with Crippen LogP contribution >= 0.6 is 15.9 Å². The fourth-order valence-electron chi connectivity index (χ4n) is 1.97. The summed E-state index contributed by atoms with van der Waals surface area (Å²) in [4.78, 5) is 16.4. The van der Waals surface area contributed by atoms with Gasteiger partial charge in [-0.25, -0.2) is 4.79 Å². The van der Waals surface area contributed by atoms with Crippen molar-refractivity contribution >= 4 is 38.5 Å². The van der Waals surface area contributed by atoms with E-state index in [2.05, 4.69) is 26.2 Å². The van der Waals surface area contributed by atoms with Crippen molar-refractivity contribution in [3.05, 3.63) is 34.4 Å². The Balaban J connectivity index is 2.55. The molecule has 1 aromatic carbocycles. The zero-order valence-corrected chi connectivity index (χ0v) is 13.5. The van der Waals surface area contributed by atoms with Gasteiger partial charge in [0, 0.05) is 22.6 Å². The number of hydrogen-bond acceptors (Lipinski definition) is 5. The Morgan fingerprint density at radius 1 is 1.52 bits per heavy atom. The predicted octanol–water partition coefficient (Wildman–Crippen LogP) is 2.97. The number of nitrogens with zero attached hydrogens (tertiary/aromatic N) is 1. The molecule has 112 valence electrons. The van der Waals surface area contributed by atoms with E-state index in [9.17, 15) is 9.90 Å². The molecule has 0 amide bonds. The Morgan fingerprint density at radius 3 is 2.95 bits per heavy atom. The van der Waals surface area contributed by atoms with E-state index in [4.69, 9.17) is 4.74 Å². The van der Waals surface area contributed by atoms with E-state index in [0.29, 0.717) is 24.4 Å². The van der Waals surface area contributed by atoms with E-state index in [-0.39, 0.29) is 0 Å². The molecule has 0 fully saturated rings. The Morgan fingerprint density at radius 2 is 2.29 bits per heavy atom. The average molecular weight is 353 g/mol. The van der Waals surface area contributed by atoms with Crippen LogP contribution < -0.4 is 5.32 Å². The fraction of sp³-hybridized carbons (Fsp3) is 0.333. The van der Waals surface area contributed by atoms with E-state index >= 15 is 0 Å². The van der Waals surface area contributed by atoms with Crippen molar-refractivity contribution in [2.24, 2.45) is 0 Å². The van der Waals surface area contributed by atoms with Crippen molar-refractivity contribution in [1.82, 2.24) is 4.98 Å². The van der Waals surface area contributed by atoms with E-state index in [1.54, 1.807) is 13.8 Å². The first-order valence-corrected chi connectivity index (χ1v) is 7.49. The molecule has 0 spiro atoms. The summed E-state index contributed by atoms with van der Waals surface area (Å²) in [5.74, 6) is -0.431. The summed E-state index contributed by atoms with van der Waals surface area (Å²) in [6.45, 7) is 4.06. The first-order chi connectivity index (χ1) is 10.0. The van der Waals surface area contributed by atoms with Gasteiger partial charge in [-0.1, -0.05) is 15.9 Å². The third-order valence-corrected chi connectivity index (χ3v) is 3.39. The quantitative estimate of drug-likeness (QED) is 0.809. The number of rotatable bonds is 5. The number of aliphatic hydroxyl groups is 1. The molecular formula is C15H17BrN2O3. The summed E-state index contributed by atoms with van der Waals surface area (Å²) in [6.07, 6.45) is 0.967. The Bertz CT molecular complexity index is 659. The number of carbonyl (C=O) groups excluding carboxylic acids is 1. The van der Waals surface area contributed by atoms with Crippen LogP contribution in [-0.2, 0) is 4.74 Å². The largest absolute Gasteiger partial charge is 0.462 e. The van der Waals surface area contributed by atoms with Crippen LogP contribution in [-0.4, -0.2) is 35.3 Å². The third-order valence-electron chi connectivity index (χ3n) is 2.90. The number of ether oxygens (including phenoxy) is 1. The number of carbonyl (C=O) groups is 1. The number of nitrogens with one attached hydrogen (secondary N) is 1. The maximum Gasteiger partial charge on any atom is 0.341 e. The van der Waals surface area contributed by atoms with Crippen LogP contribution in [0.2, 0.25) is 0 Å². The maximum absolute atomic E-state index is 12.1. The number of benzene rings is 1. The number of fused-ring (bicyclic) bond motifs is 1. The van der Waals surface area contributed by atoms with Gasteiger partial charge in [0.1, 0.15) is 5.56 Å². The van der Waals surface area contributed by atoms with Crippen LogP contribution in [0.5, 0.6) is 0 Å². The highest BCUT2D eigenvalue weighted by molar-refractivity contribution is 9.10. The van der Waals surface area contributed by atoms with Crippen LogP contribution in [0.4, 0.5) is 5.69 Å².